The highest BCUT2D eigenvalue weighted by Crippen LogP contribution is 2.32. The largest absolute Gasteiger partial charge is 0.466 e. The maximum absolute atomic E-state index is 12.6. The number of carbonyl (C=O) groups is 1. The third-order valence-corrected chi connectivity index (χ3v) is 6.18. The fraction of sp³-hybridized carbons (Fsp3) is 0.258. The van der Waals surface area contributed by atoms with Crippen LogP contribution in [0.4, 0.5) is 0 Å². The average Bonchev–Trinajstić information content (AvgIpc) is 2.89. The Hall–Kier alpha value is -3.47. The monoisotopic (exact) mass is 468 g/mol. The van der Waals surface area contributed by atoms with Gasteiger partial charge in [0.15, 0.2) is 0 Å². The smallest absolute Gasteiger partial charge is 0.310 e. The van der Waals surface area contributed by atoms with Crippen LogP contribution in [0.2, 0.25) is 0 Å². The first kappa shape index (κ1) is 24.6. The van der Waals surface area contributed by atoms with Crippen LogP contribution >= 0.6 is 0 Å². The molecular formula is C31H32O4. The van der Waals surface area contributed by atoms with Crippen molar-refractivity contribution in [2.45, 2.75) is 46.7 Å². The molecule has 0 radical (unpaired) electrons. The van der Waals surface area contributed by atoms with Gasteiger partial charge in [-0.3, -0.25) is 4.79 Å². The number of ether oxygens (including phenoxy) is 3. The van der Waals surface area contributed by atoms with Crippen molar-refractivity contribution >= 4 is 16.7 Å². The van der Waals surface area contributed by atoms with Crippen LogP contribution in [0.3, 0.4) is 0 Å². The molecule has 35 heavy (non-hydrogen) atoms. The van der Waals surface area contributed by atoms with Gasteiger partial charge < -0.3 is 14.2 Å². The summed E-state index contributed by atoms with van der Waals surface area (Å²) in [5.74, 6) is -0.230. The lowest BCUT2D eigenvalue weighted by molar-refractivity contribution is -0.142. The van der Waals surface area contributed by atoms with Gasteiger partial charge in [0.05, 0.1) is 39.5 Å². The number of carbonyl (C=O) groups excluding carboxylic acids is 1. The quantitative estimate of drug-likeness (QED) is 0.230. The molecule has 4 rings (SSSR count). The summed E-state index contributed by atoms with van der Waals surface area (Å²) in [6, 6.07) is 28.6. The van der Waals surface area contributed by atoms with Crippen molar-refractivity contribution in [2.24, 2.45) is 0 Å². The standard InChI is InChI=1S/C31H32O4/c1-3-35-31(32)18-28-23(2)26-16-10-11-17-27(26)29(21-33-19-24-12-6-4-7-13-24)30(28)22-34-20-25-14-8-5-9-15-25/h4-17H,3,18-22H2,1-2H3. The summed E-state index contributed by atoms with van der Waals surface area (Å²) in [4.78, 5) is 12.6. The Morgan fingerprint density at radius 2 is 1.14 bits per heavy atom. The van der Waals surface area contributed by atoms with Crippen LogP contribution in [0.15, 0.2) is 84.9 Å². The molecule has 0 saturated carbocycles. The number of hydrogen-bond donors (Lipinski definition) is 0. The van der Waals surface area contributed by atoms with Crippen LogP contribution in [0, 0.1) is 6.92 Å². The van der Waals surface area contributed by atoms with Gasteiger partial charge in [-0.25, -0.2) is 0 Å². The Labute approximate surface area is 207 Å². The highest BCUT2D eigenvalue weighted by atomic mass is 16.5. The second-order valence-corrected chi connectivity index (χ2v) is 8.54. The zero-order chi connectivity index (χ0) is 24.5. The van der Waals surface area contributed by atoms with E-state index in [2.05, 4.69) is 43.3 Å². The molecule has 0 aromatic heterocycles. The second-order valence-electron chi connectivity index (χ2n) is 8.54. The number of hydrogen-bond acceptors (Lipinski definition) is 4. The minimum atomic E-state index is -0.230. The van der Waals surface area contributed by atoms with E-state index in [1.54, 1.807) is 0 Å². The third kappa shape index (κ3) is 6.36. The van der Waals surface area contributed by atoms with E-state index in [1.165, 1.54) is 0 Å². The highest BCUT2D eigenvalue weighted by molar-refractivity contribution is 5.92. The minimum Gasteiger partial charge on any atom is -0.466 e. The van der Waals surface area contributed by atoms with E-state index < -0.39 is 0 Å². The maximum atomic E-state index is 12.6. The zero-order valence-corrected chi connectivity index (χ0v) is 20.5. The van der Waals surface area contributed by atoms with E-state index >= 15 is 0 Å². The fourth-order valence-corrected chi connectivity index (χ4v) is 4.43. The Balaban J connectivity index is 1.69. The van der Waals surface area contributed by atoms with Crippen molar-refractivity contribution in [1.29, 1.82) is 0 Å². The molecule has 0 spiro atoms. The molecule has 0 N–H and O–H groups in total. The summed E-state index contributed by atoms with van der Waals surface area (Å²) in [6.07, 6.45) is 0.209. The van der Waals surface area contributed by atoms with E-state index in [0.717, 1.165) is 44.2 Å². The molecule has 0 saturated heterocycles. The van der Waals surface area contributed by atoms with Gasteiger partial charge in [0, 0.05) is 0 Å². The lowest BCUT2D eigenvalue weighted by Gasteiger charge is -2.21. The van der Waals surface area contributed by atoms with Crippen LogP contribution < -0.4 is 0 Å². The first-order chi connectivity index (χ1) is 17.2. The summed E-state index contributed by atoms with van der Waals surface area (Å²) >= 11 is 0. The van der Waals surface area contributed by atoms with Gasteiger partial charge in [-0.05, 0) is 58.0 Å². The highest BCUT2D eigenvalue weighted by Gasteiger charge is 2.20. The maximum Gasteiger partial charge on any atom is 0.310 e. The van der Waals surface area contributed by atoms with E-state index in [4.69, 9.17) is 14.2 Å². The molecule has 0 unspecified atom stereocenters. The topological polar surface area (TPSA) is 44.8 Å². The molecule has 4 aromatic carbocycles. The van der Waals surface area contributed by atoms with Gasteiger partial charge in [0.25, 0.3) is 0 Å². The molecule has 4 nitrogen and oxygen atoms in total. The van der Waals surface area contributed by atoms with E-state index in [1.807, 2.05) is 55.5 Å². The average molecular weight is 469 g/mol. The zero-order valence-electron chi connectivity index (χ0n) is 20.5. The molecular weight excluding hydrogens is 436 g/mol. The van der Waals surface area contributed by atoms with Crippen molar-refractivity contribution in [3.63, 3.8) is 0 Å². The van der Waals surface area contributed by atoms with Crippen LogP contribution in [0.1, 0.15) is 40.3 Å². The van der Waals surface area contributed by atoms with Crippen molar-refractivity contribution in [3.05, 3.63) is 118 Å². The van der Waals surface area contributed by atoms with Crippen LogP contribution in [0.25, 0.3) is 10.8 Å². The summed E-state index contributed by atoms with van der Waals surface area (Å²) in [5.41, 5.74) is 6.36. The summed E-state index contributed by atoms with van der Waals surface area (Å²) in [5, 5.41) is 2.25. The van der Waals surface area contributed by atoms with E-state index in [-0.39, 0.29) is 12.4 Å². The van der Waals surface area contributed by atoms with Gasteiger partial charge in [0.1, 0.15) is 0 Å². The molecule has 0 fully saturated rings. The van der Waals surface area contributed by atoms with Crippen LogP contribution in [0.5, 0.6) is 0 Å². The van der Waals surface area contributed by atoms with Crippen molar-refractivity contribution in [2.75, 3.05) is 6.61 Å². The first-order valence-electron chi connectivity index (χ1n) is 12.1. The Morgan fingerprint density at radius 3 is 1.71 bits per heavy atom. The van der Waals surface area contributed by atoms with Crippen molar-refractivity contribution in [1.82, 2.24) is 0 Å². The van der Waals surface area contributed by atoms with Gasteiger partial charge >= 0.3 is 5.97 Å². The molecule has 0 heterocycles. The second kappa shape index (κ2) is 12.3. The molecule has 4 aromatic rings. The molecule has 0 aliphatic carbocycles. The fourth-order valence-electron chi connectivity index (χ4n) is 4.43. The molecule has 0 aliphatic rings. The predicted molar refractivity (Wildman–Crippen MR) is 139 cm³/mol. The Bertz CT molecular complexity index is 1250. The lowest BCUT2D eigenvalue weighted by atomic mass is 9.88. The molecule has 0 atom stereocenters. The van der Waals surface area contributed by atoms with Gasteiger partial charge in [-0.2, -0.15) is 0 Å². The lowest BCUT2D eigenvalue weighted by Crippen LogP contribution is -2.14. The van der Waals surface area contributed by atoms with Crippen molar-refractivity contribution in [3.8, 4) is 0 Å². The SMILES string of the molecule is CCOC(=O)Cc1c(COCc2ccccc2)c(COCc2ccccc2)c2ccccc2c1C. The van der Waals surface area contributed by atoms with Crippen LogP contribution in [-0.4, -0.2) is 12.6 Å². The van der Waals surface area contributed by atoms with Gasteiger partial charge in [-0.1, -0.05) is 84.9 Å². The van der Waals surface area contributed by atoms with Crippen molar-refractivity contribution < 1.29 is 19.0 Å². The summed E-state index contributed by atoms with van der Waals surface area (Å²) < 4.78 is 17.7. The van der Waals surface area contributed by atoms with E-state index in [0.29, 0.717) is 33.0 Å². The van der Waals surface area contributed by atoms with Gasteiger partial charge in [-0.15, -0.1) is 0 Å². The minimum absolute atomic E-state index is 0.209. The van der Waals surface area contributed by atoms with Gasteiger partial charge in [0.2, 0.25) is 0 Å². The Morgan fingerprint density at radius 1 is 0.629 bits per heavy atom. The number of esters is 1. The number of aryl methyl sites for hydroxylation is 1. The molecule has 0 bridgehead atoms. The molecule has 4 heteroatoms. The number of rotatable bonds is 11. The normalized spacial score (nSPS) is 11.0. The molecule has 0 aliphatic heterocycles. The third-order valence-electron chi connectivity index (χ3n) is 6.18. The molecule has 0 amide bonds. The van der Waals surface area contributed by atoms with Crippen LogP contribution in [-0.2, 0) is 51.9 Å². The first-order valence-corrected chi connectivity index (χ1v) is 12.1. The van der Waals surface area contributed by atoms with E-state index in [9.17, 15) is 4.79 Å². The summed E-state index contributed by atoms with van der Waals surface area (Å²) in [6.45, 7) is 6.09. The Kier molecular flexibility index (Phi) is 8.66. The predicted octanol–water partition coefficient (Wildman–Crippen LogP) is 6.69. The number of fused-ring (bicyclic) bond motifs is 1. The molecule has 180 valence electrons. The number of benzene rings is 4. The summed E-state index contributed by atoms with van der Waals surface area (Å²) in [7, 11) is 0.